The van der Waals surface area contributed by atoms with Crippen molar-refractivity contribution in [3.63, 3.8) is 0 Å². The van der Waals surface area contributed by atoms with Crippen molar-refractivity contribution in [2.75, 3.05) is 30.9 Å². The fourth-order valence-corrected chi connectivity index (χ4v) is 2.46. The van der Waals surface area contributed by atoms with E-state index in [1.807, 2.05) is 13.0 Å². The number of benzene rings is 1. The van der Waals surface area contributed by atoms with Gasteiger partial charge in [0.25, 0.3) is 0 Å². The van der Waals surface area contributed by atoms with E-state index in [2.05, 4.69) is 52.6 Å². The number of para-hydroxylation sites is 1. The third-order valence-electron chi connectivity index (χ3n) is 3.66. The highest BCUT2D eigenvalue weighted by atomic mass is 16.5. The molecule has 1 aromatic carbocycles. The van der Waals surface area contributed by atoms with Crippen LogP contribution in [0.15, 0.2) is 24.3 Å². The smallest absolute Gasteiger partial charge is 0.229 e. The first-order valence-electron chi connectivity index (χ1n) is 8.08. The Morgan fingerprint density at radius 1 is 1.17 bits per heavy atom. The van der Waals surface area contributed by atoms with Crippen molar-refractivity contribution in [2.45, 2.75) is 33.6 Å². The van der Waals surface area contributed by atoms with Gasteiger partial charge in [0.15, 0.2) is 0 Å². The molecule has 124 valence electrons. The van der Waals surface area contributed by atoms with E-state index >= 15 is 0 Å². The SMILES string of the molecule is CCc1cccc(C)c1Nc1nc(C)cc(NCCCOC)n1. The highest BCUT2D eigenvalue weighted by molar-refractivity contribution is 5.64. The van der Waals surface area contributed by atoms with Crippen LogP contribution in [0, 0.1) is 13.8 Å². The van der Waals surface area contributed by atoms with Gasteiger partial charge in [-0.05, 0) is 37.8 Å². The van der Waals surface area contributed by atoms with Crippen molar-refractivity contribution < 1.29 is 4.74 Å². The van der Waals surface area contributed by atoms with Crippen LogP contribution in [0.4, 0.5) is 17.5 Å². The average Bonchev–Trinajstić information content (AvgIpc) is 2.53. The summed E-state index contributed by atoms with van der Waals surface area (Å²) in [5.74, 6) is 1.46. The largest absolute Gasteiger partial charge is 0.385 e. The van der Waals surface area contributed by atoms with Crippen LogP contribution in [0.25, 0.3) is 0 Å². The van der Waals surface area contributed by atoms with Crippen LogP contribution in [-0.2, 0) is 11.2 Å². The van der Waals surface area contributed by atoms with Gasteiger partial charge in [0, 0.05) is 37.7 Å². The lowest BCUT2D eigenvalue weighted by Crippen LogP contribution is -2.09. The molecule has 2 N–H and O–H groups in total. The molecule has 0 bridgehead atoms. The van der Waals surface area contributed by atoms with Gasteiger partial charge in [-0.1, -0.05) is 25.1 Å². The van der Waals surface area contributed by atoms with Crippen LogP contribution < -0.4 is 10.6 Å². The Balaban J connectivity index is 2.15. The first-order chi connectivity index (χ1) is 11.1. The summed E-state index contributed by atoms with van der Waals surface area (Å²) in [5, 5.41) is 6.71. The monoisotopic (exact) mass is 314 g/mol. The number of hydrogen-bond donors (Lipinski definition) is 2. The van der Waals surface area contributed by atoms with E-state index in [0.717, 1.165) is 43.2 Å². The van der Waals surface area contributed by atoms with Crippen LogP contribution in [0.1, 0.15) is 30.2 Å². The summed E-state index contributed by atoms with van der Waals surface area (Å²) >= 11 is 0. The zero-order valence-electron chi connectivity index (χ0n) is 14.4. The van der Waals surface area contributed by atoms with Crippen LogP contribution in [0.3, 0.4) is 0 Å². The summed E-state index contributed by atoms with van der Waals surface area (Å²) in [4.78, 5) is 9.07. The maximum absolute atomic E-state index is 5.06. The fraction of sp³-hybridized carbons (Fsp3) is 0.444. The van der Waals surface area contributed by atoms with Crippen molar-refractivity contribution >= 4 is 17.5 Å². The Labute approximate surface area is 138 Å². The topological polar surface area (TPSA) is 59.1 Å². The Bertz CT molecular complexity index is 643. The molecule has 5 heteroatoms. The Morgan fingerprint density at radius 2 is 2.00 bits per heavy atom. The van der Waals surface area contributed by atoms with Gasteiger partial charge in [-0.15, -0.1) is 0 Å². The Morgan fingerprint density at radius 3 is 2.74 bits per heavy atom. The standard InChI is InChI=1S/C18H26N4O/c1-5-15-9-6-8-13(2)17(15)22-18-20-14(3)12-16(21-18)19-10-7-11-23-4/h6,8-9,12H,5,7,10-11H2,1-4H3,(H2,19,20,21,22). The molecule has 2 rings (SSSR count). The van der Waals surface area contributed by atoms with Crippen molar-refractivity contribution in [3.05, 3.63) is 41.1 Å². The van der Waals surface area contributed by atoms with Crippen molar-refractivity contribution in [1.29, 1.82) is 0 Å². The molecule has 23 heavy (non-hydrogen) atoms. The molecule has 0 radical (unpaired) electrons. The summed E-state index contributed by atoms with van der Waals surface area (Å²) < 4.78 is 5.06. The average molecular weight is 314 g/mol. The third kappa shape index (κ3) is 4.93. The van der Waals surface area contributed by atoms with Crippen LogP contribution in [0.5, 0.6) is 0 Å². The maximum atomic E-state index is 5.06. The number of hydrogen-bond acceptors (Lipinski definition) is 5. The number of ether oxygens (including phenoxy) is 1. The molecule has 1 heterocycles. The molecule has 0 unspecified atom stereocenters. The zero-order valence-corrected chi connectivity index (χ0v) is 14.4. The van der Waals surface area contributed by atoms with Gasteiger partial charge >= 0.3 is 0 Å². The maximum Gasteiger partial charge on any atom is 0.229 e. The molecule has 0 spiro atoms. The summed E-state index contributed by atoms with van der Waals surface area (Å²) in [6.45, 7) is 7.80. The lowest BCUT2D eigenvalue weighted by molar-refractivity contribution is 0.198. The summed E-state index contributed by atoms with van der Waals surface area (Å²) in [5.41, 5.74) is 4.50. The van der Waals surface area contributed by atoms with E-state index in [1.165, 1.54) is 11.1 Å². The number of methoxy groups -OCH3 is 1. The molecule has 1 aromatic heterocycles. The highest BCUT2D eigenvalue weighted by Gasteiger charge is 2.08. The minimum absolute atomic E-state index is 0.628. The fourth-order valence-electron chi connectivity index (χ4n) is 2.46. The molecule has 0 saturated heterocycles. The summed E-state index contributed by atoms with van der Waals surface area (Å²) in [6.07, 6.45) is 1.91. The normalized spacial score (nSPS) is 10.6. The minimum atomic E-state index is 0.628. The van der Waals surface area contributed by atoms with Gasteiger partial charge in [-0.2, -0.15) is 4.98 Å². The van der Waals surface area contributed by atoms with Crippen LogP contribution in [-0.4, -0.2) is 30.2 Å². The molecule has 0 aliphatic rings. The Hall–Kier alpha value is -2.14. The number of nitrogens with one attached hydrogen (secondary N) is 2. The number of nitrogens with zero attached hydrogens (tertiary/aromatic N) is 2. The molecular weight excluding hydrogens is 288 g/mol. The van der Waals surface area contributed by atoms with Gasteiger partial charge in [0.05, 0.1) is 0 Å². The van der Waals surface area contributed by atoms with E-state index in [4.69, 9.17) is 4.74 Å². The molecule has 5 nitrogen and oxygen atoms in total. The van der Waals surface area contributed by atoms with E-state index in [-0.39, 0.29) is 0 Å². The second-order valence-corrected chi connectivity index (χ2v) is 5.58. The van der Waals surface area contributed by atoms with E-state index in [0.29, 0.717) is 5.95 Å². The molecule has 2 aromatic rings. The van der Waals surface area contributed by atoms with Gasteiger partial charge in [-0.3, -0.25) is 0 Å². The third-order valence-corrected chi connectivity index (χ3v) is 3.66. The first-order valence-corrected chi connectivity index (χ1v) is 8.08. The molecule has 0 aliphatic heterocycles. The molecular formula is C18H26N4O. The zero-order chi connectivity index (χ0) is 16.7. The highest BCUT2D eigenvalue weighted by Crippen LogP contribution is 2.24. The van der Waals surface area contributed by atoms with Crippen molar-refractivity contribution in [2.24, 2.45) is 0 Å². The van der Waals surface area contributed by atoms with Crippen molar-refractivity contribution in [1.82, 2.24) is 9.97 Å². The van der Waals surface area contributed by atoms with E-state index < -0.39 is 0 Å². The Kier molecular flexibility index (Phi) is 6.35. The molecule has 0 aliphatic carbocycles. The van der Waals surface area contributed by atoms with Crippen molar-refractivity contribution in [3.8, 4) is 0 Å². The number of anilines is 3. The van der Waals surface area contributed by atoms with Crippen LogP contribution in [0.2, 0.25) is 0 Å². The first kappa shape index (κ1) is 17.2. The summed E-state index contributed by atoms with van der Waals surface area (Å²) in [7, 11) is 1.71. The van der Waals surface area contributed by atoms with Gasteiger partial charge in [0.1, 0.15) is 5.82 Å². The van der Waals surface area contributed by atoms with E-state index in [1.54, 1.807) is 7.11 Å². The number of aryl methyl sites for hydroxylation is 3. The van der Waals surface area contributed by atoms with E-state index in [9.17, 15) is 0 Å². The quantitative estimate of drug-likeness (QED) is 0.725. The molecule has 0 atom stereocenters. The molecule has 0 fully saturated rings. The molecule has 0 amide bonds. The van der Waals surface area contributed by atoms with Crippen LogP contribution >= 0.6 is 0 Å². The predicted molar refractivity (Wildman–Crippen MR) is 95.6 cm³/mol. The molecule has 0 saturated carbocycles. The number of rotatable bonds is 8. The second kappa shape index (κ2) is 8.48. The lowest BCUT2D eigenvalue weighted by Gasteiger charge is -2.14. The number of aromatic nitrogens is 2. The lowest BCUT2D eigenvalue weighted by atomic mass is 10.1. The predicted octanol–water partition coefficient (Wildman–Crippen LogP) is 3.85. The second-order valence-electron chi connectivity index (χ2n) is 5.58. The van der Waals surface area contributed by atoms with Gasteiger partial charge in [-0.25, -0.2) is 4.98 Å². The minimum Gasteiger partial charge on any atom is -0.385 e. The van der Waals surface area contributed by atoms with Gasteiger partial charge in [0.2, 0.25) is 5.95 Å². The van der Waals surface area contributed by atoms with Gasteiger partial charge < -0.3 is 15.4 Å². The summed E-state index contributed by atoms with van der Waals surface area (Å²) in [6, 6.07) is 8.27.